The molecule has 0 N–H and O–H groups in total. The van der Waals surface area contributed by atoms with Crippen LogP contribution in [0.2, 0.25) is 0 Å². The molecule has 1 unspecified atom stereocenters. The second-order valence-electron chi connectivity index (χ2n) is 1.97. The molecule has 0 saturated heterocycles. The number of ether oxygens (including phenoxy) is 1. The molecule has 78 valence electrons. The smallest absolute Gasteiger partial charge is 0.405 e. The van der Waals surface area contributed by atoms with Crippen LogP contribution >= 0.6 is 19.2 Å². The number of hydrogen-bond acceptors (Lipinski definition) is 5. The zero-order valence-electron chi connectivity index (χ0n) is 7.49. The van der Waals surface area contributed by atoms with Crippen LogP contribution in [0.25, 0.3) is 0 Å². The summed E-state index contributed by atoms with van der Waals surface area (Å²) >= 11 is 4.86. The van der Waals surface area contributed by atoms with Crippen molar-refractivity contribution in [2.45, 2.75) is 13.8 Å². The van der Waals surface area contributed by atoms with Gasteiger partial charge in [-0.3, -0.25) is 9.09 Å². The van der Waals surface area contributed by atoms with Gasteiger partial charge in [0.05, 0.1) is 6.61 Å². The van der Waals surface area contributed by atoms with Crippen molar-refractivity contribution in [3.05, 3.63) is 0 Å². The molecule has 0 rings (SSSR count). The van der Waals surface area contributed by atoms with Crippen LogP contribution in [0.1, 0.15) is 13.8 Å². The van der Waals surface area contributed by atoms with E-state index in [1.165, 1.54) is 0 Å². The van der Waals surface area contributed by atoms with E-state index in [4.69, 9.17) is 20.6 Å². The number of halogens is 1. The lowest BCUT2D eigenvalue weighted by Crippen LogP contribution is -2.03. The van der Waals surface area contributed by atoms with Crippen LogP contribution in [0.3, 0.4) is 0 Å². The van der Waals surface area contributed by atoms with Crippen molar-refractivity contribution in [2.24, 2.45) is 0 Å². The minimum Gasteiger partial charge on any atom is -0.426 e. The molecular weight excluding hydrogens is 218 g/mol. The monoisotopic (exact) mass is 230 g/mol. The molecular formula is C6H12ClO5P. The van der Waals surface area contributed by atoms with Crippen LogP contribution in [-0.4, -0.2) is 25.0 Å². The van der Waals surface area contributed by atoms with Crippen molar-refractivity contribution >= 4 is 24.6 Å². The molecule has 0 aromatic rings. The van der Waals surface area contributed by atoms with Crippen LogP contribution in [0.4, 0.5) is 4.79 Å². The topological polar surface area (TPSA) is 61.8 Å². The summed E-state index contributed by atoms with van der Waals surface area (Å²) in [5.41, 5.74) is -1.00. The molecule has 0 aliphatic carbocycles. The molecule has 0 aliphatic rings. The normalized spacial score (nSPS) is 15.0. The second-order valence-corrected chi connectivity index (χ2v) is 4.65. The van der Waals surface area contributed by atoms with Crippen LogP contribution in [0.15, 0.2) is 0 Å². The highest BCUT2D eigenvalue weighted by Crippen LogP contribution is 2.47. The molecule has 1 atom stereocenters. The largest absolute Gasteiger partial charge is 0.426 e. The maximum atomic E-state index is 11.5. The summed E-state index contributed by atoms with van der Waals surface area (Å²) in [4.78, 5) is 10.1. The van der Waals surface area contributed by atoms with Crippen LogP contribution in [0, 0.1) is 0 Å². The molecule has 0 radical (unpaired) electrons. The lowest BCUT2D eigenvalue weighted by molar-refractivity contribution is 0.0619. The van der Waals surface area contributed by atoms with E-state index >= 15 is 0 Å². The van der Waals surface area contributed by atoms with Crippen molar-refractivity contribution in [3.8, 4) is 0 Å². The van der Waals surface area contributed by atoms with Crippen LogP contribution < -0.4 is 0 Å². The van der Waals surface area contributed by atoms with Gasteiger partial charge in [0.15, 0.2) is 0 Å². The van der Waals surface area contributed by atoms with Gasteiger partial charge in [0.2, 0.25) is 6.79 Å². The molecule has 13 heavy (non-hydrogen) atoms. The molecule has 0 spiro atoms. The van der Waals surface area contributed by atoms with Crippen LogP contribution in [-0.2, 0) is 18.3 Å². The first kappa shape index (κ1) is 12.9. The summed E-state index contributed by atoms with van der Waals surface area (Å²) in [6, 6.07) is 0. The third-order valence-electron chi connectivity index (χ3n) is 1.13. The van der Waals surface area contributed by atoms with Gasteiger partial charge < -0.3 is 9.26 Å². The summed E-state index contributed by atoms with van der Waals surface area (Å²) in [7, 11) is -3.09. The third kappa shape index (κ3) is 6.05. The first-order valence-electron chi connectivity index (χ1n) is 3.74. The third-order valence-corrected chi connectivity index (χ3v) is 3.17. The number of carbonyl (C=O) groups excluding carboxylic acids is 1. The van der Waals surface area contributed by atoms with Crippen molar-refractivity contribution in [1.82, 2.24) is 0 Å². The quantitative estimate of drug-likeness (QED) is 0.399. The Bertz CT molecular complexity index is 207. The Kier molecular flexibility index (Phi) is 6.33. The second kappa shape index (κ2) is 6.38. The Balaban J connectivity index is 3.84. The molecule has 0 amide bonds. The van der Waals surface area contributed by atoms with Crippen LogP contribution in [0.5, 0.6) is 0 Å². The predicted molar refractivity (Wildman–Crippen MR) is 48.1 cm³/mol. The minimum absolute atomic E-state index is 0.223. The van der Waals surface area contributed by atoms with E-state index in [9.17, 15) is 9.36 Å². The summed E-state index contributed by atoms with van der Waals surface area (Å²) in [6.07, 6.45) is 0.223. The Morgan fingerprint density at radius 2 is 2.00 bits per heavy atom. The predicted octanol–water partition coefficient (Wildman–Crippen LogP) is 2.59. The lowest BCUT2D eigenvalue weighted by atomic mass is 10.9. The molecule has 7 heteroatoms. The van der Waals surface area contributed by atoms with Crippen molar-refractivity contribution in [3.63, 3.8) is 0 Å². The zero-order valence-corrected chi connectivity index (χ0v) is 9.14. The first-order valence-corrected chi connectivity index (χ1v) is 5.85. The summed E-state index contributed by atoms with van der Waals surface area (Å²) in [6.45, 7) is 3.17. The fourth-order valence-electron chi connectivity index (χ4n) is 0.570. The highest BCUT2D eigenvalue weighted by molar-refractivity contribution is 7.53. The van der Waals surface area contributed by atoms with E-state index in [1.54, 1.807) is 13.8 Å². The standard InChI is InChI=1S/C6H12ClO5P/c1-3-11-13(9,4-2)12-5-10-6(7)8/h3-5H2,1-2H3. The van der Waals surface area contributed by atoms with Gasteiger partial charge >= 0.3 is 13.0 Å². The Hall–Kier alpha value is -0.0900. The highest BCUT2D eigenvalue weighted by atomic mass is 35.5. The van der Waals surface area contributed by atoms with Crippen molar-refractivity contribution in [1.29, 1.82) is 0 Å². The van der Waals surface area contributed by atoms with E-state index in [-0.39, 0.29) is 12.8 Å². The van der Waals surface area contributed by atoms with E-state index in [1.807, 2.05) is 0 Å². The average Bonchev–Trinajstić information content (AvgIpc) is 2.04. The number of hydrogen-bond donors (Lipinski definition) is 0. The minimum atomic E-state index is -3.09. The van der Waals surface area contributed by atoms with Gasteiger partial charge in [-0.25, -0.2) is 4.79 Å². The zero-order chi connectivity index (χ0) is 10.3. The molecule has 0 aromatic heterocycles. The van der Waals surface area contributed by atoms with Gasteiger partial charge in [0.25, 0.3) is 0 Å². The van der Waals surface area contributed by atoms with Gasteiger partial charge in [0.1, 0.15) is 0 Å². The summed E-state index contributed by atoms with van der Waals surface area (Å²) in [5, 5.41) is 0. The molecule has 5 nitrogen and oxygen atoms in total. The van der Waals surface area contributed by atoms with Gasteiger partial charge in [0, 0.05) is 17.8 Å². The molecule has 0 saturated carbocycles. The van der Waals surface area contributed by atoms with Gasteiger partial charge in [-0.05, 0) is 6.92 Å². The Morgan fingerprint density at radius 1 is 1.38 bits per heavy atom. The highest BCUT2D eigenvalue weighted by Gasteiger charge is 2.21. The molecule has 0 fully saturated rings. The maximum Gasteiger partial charge on any atom is 0.405 e. The Labute approximate surface area is 81.8 Å². The summed E-state index contributed by atoms with van der Waals surface area (Å²) in [5.74, 6) is 0. The van der Waals surface area contributed by atoms with Crippen molar-refractivity contribution in [2.75, 3.05) is 19.6 Å². The van der Waals surface area contributed by atoms with Gasteiger partial charge in [-0.1, -0.05) is 6.92 Å². The van der Waals surface area contributed by atoms with E-state index in [0.29, 0.717) is 0 Å². The molecule has 0 heterocycles. The maximum absolute atomic E-state index is 11.5. The van der Waals surface area contributed by atoms with Crippen molar-refractivity contribution < 1.29 is 23.1 Å². The van der Waals surface area contributed by atoms with E-state index in [2.05, 4.69) is 4.74 Å². The van der Waals surface area contributed by atoms with E-state index < -0.39 is 19.8 Å². The van der Waals surface area contributed by atoms with Gasteiger partial charge in [-0.2, -0.15) is 0 Å². The summed E-state index contributed by atoms with van der Waals surface area (Å²) < 4.78 is 25.3. The SMILES string of the molecule is CCOP(=O)(CC)OCOC(=O)Cl. The average molecular weight is 231 g/mol. The fourth-order valence-corrected chi connectivity index (χ4v) is 1.66. The molecule has 0 aromatic carbocycles. The van der Waals surface area contributed by atoms with Gasteiger partial charge in [-0.15, -0.1) is 0 Å². The molecule has 0 bridgehead atoms. The Morgan fingerprint density at radius 3 is 2.38 bits per heavy atom. The number of rotatable bonds is 6. The lowest BCUT2D eigenvalue weighted by Gasteiger charge is -2.14. The first-order chi connectivity index (χ1) is 6.04. The fraction of sp³-hybridized carbons (Fsp3) is 0.833. The molecule has 0 aliphatic heterocycles. The van der Waals surface area contributed by atoms with E-state index in [0.717, 1.165) is 0 Å². The number of carbonyl (C=O) groups is 1.